The summed E-state index contributed by atoms with van der Waals surface area (Å²) >= 11 is 0. The standard InChI is InChI=1S/C13H20N4O3/c1-17-8-15-11(16-17)6-7-14-12(18)9-4-2-3-5-10(9)13(19)20/h8-10H,2-7H2,1H3,(H,14,18)(H,19,20). The Labute approximate surface area is 117 Å². The third-order valence-electron chi connectivity index (χ3n) is 3.71. The third kappa shape index (κ3) is 3.55. The van der Waals surface area contributed by atoms with Crippen LogP contribution in [0.5, 0.6) is 0 Å². The lowest BCUT2D eigenvalue weighted by atomic mass is 9.79. The van der Waals surface area contributed by atoms with Gasteiger partial charge in [0.2, 0.25) is 5.91 Å². The van der Waals surface area contributed by atoms with Crippen LogP contribution < -0.4 is 5.32 Å². The first-order chi connectivity index (χ1) is 9.58. The maximum atomic E-state index is 12.1. The van der Waals surface area contributed by atoms with Crippen molar-refractivity contribution in [1.29, 1.82) is 0 Å². The summed E-state index contributed by atoms with van der Waals surface area (Å²) in [4.78, 5) is 27.3. The second kappa shape index (κ2) is 6.49. The molecule has 7 nitrogen and oxygen atoms in total. The van der Waals surface area contributed by atoms with Crippen molar-refractivity contribution in [2.75, 3.05) is 6.54 Å². The lowest BCUT2D eigenvalue weighted by Gasteiger charge is -2.27. The highest BCUT2D eigenvalue weighted by atomic mass is 16.4. The fourth-order valence-corrected chi connectivity index (χ4v) is 2.67. The molecule has 1 heterocycles. The number of rotatable bonds is 5. The smallest absolute Gasteiger partial charge is 0.307 e. The SMILES string of the molecule is Cn1cnc(CCNC(=O)C2CCCCC2C(=O)O)n1. The van der Waals surface area contributed by atoms with E-state index in [1.807, 2.05) is 0 Å². The van der Waals surface area contributed by atoms with Gasteiger partial charge in [0.15, 0.2) is 5.82 Å². The molecule has 2 rings (SSSR count). The summed E-state index contributed by atoms with van der Waals surface area (Å²) in [5.74, 6) is -1.30. The summed E-state index contributed by atoms with van der Waals surface area (Å²) < 4.78 is 1.61. The zero-order chi connectivity index (χ0) is 14.5. The Morgan fingerprint density at radius 1 is 1.40 bits per heavy atom. The largest absolute Gasteiger partial charge is 0.481 e. The number of carboxylic acids is 1. The van der Waals surface area contributed by atoms with E-state index in [2.05, 4.69) is 15.4 Å². The minimum Gasteiger partial charge on any atom is -0.481 e. The number of nitrogens with zero attached hydrogens (tertiary/aromatic N) is 3. The lowest BCUT2D eigenvalue weighted by molar-refractivity contribution is -0.148. The molecule has 1 aromatic heterocycles. The normalized spacial score (nSPS) is 22.4. The quantitative estimate of drug-likeness (QED) is 0.812. The van der Waals surface area contributed by atoms with Crippen molar-refractivity contribution in [3.63, 3.8) is 0 Å². The predicted octanol–water partition coefficient (Wildman–Crippen LogP) is 0.365. The molecule has 2 atom stereocenters. The van der Waals surface area contributed by atoms with Gasteiger partial charge in [-0.15, -0.1) is 0 Å². The topological polar surface area (TPSA) is 97.1 Å². The monoisotopic (exact) mass is 280 g/mol. The molecule has 20 heavy (non-hydrogen) atoms. The minimum absolute atomic E-state index is 0.159. The number of carbonyl (C=O) groups is 2. The van der Waals surface area contributed by atoms with Crippen molar-refractivity contribution in [2.24, 2.45) is 18.9 Å². The molecule has 0 saturated heterocycles. The zero-order valence-corrected chi connectivity index (χ0v) is 11.6. The van der Waals surface area contributed by atoms with Gasteiger partial charge in [0.05, 0.1) is 11.8 Å². The molecular weight excluding hydrogens is 260 g/mol. The molecule has 1 aliphatic carbocycles. The van der Waals surface area contributed by atoms with E-state index in [-0.39, 0.29) is 5.91 Å². The van der Waals surface area contributed by atoms with Crippen molar-refractivity contribution < 1.29 is 14.7 Å². The van der Waals surface area contributed by atoms with Crippen LogP contribution in [-0.2, 0) is 23.1 Å². The average molecular weight is 280 g/mol. The molecule has 7 heteroatoms. The Morgan fingerprint density at radius 3 is 2.70 bits per heavy atom. The van der Waals surface area contributed by atoms with Crippen LogP contribution in [0.15, 0.2) is 6.33 Å². The number of hydrogen-bond donors (Lipinski definition) is 2. The van der Waals surface area contributed by atoms with Crippen LogP contribution in [0.3, 0.4) is 0 Å². The van der Waals surface area contributed by atoms with Crippen molar-refractivity contribution in [3.05, 3.63) is 12.2 Å². The highest BCUT2D eigenvalue weighted by Crippen LogP contribution is 2.30. The van der Waals surface area contributed by atoms with Gasteiger partial charge >= 0.3 is 5.97 Å². The summed E-state index contributed by atoms with van der Waals surface area (Å²) in [6.07, 6.45) is 5.22. The highest BCUT2D eigenvalue weighted by molar-refractivity contribution is 5.84. The number of aliphatic carboxylic acids is 1. The predicted molar refractivity (Wildman–Crippen MR) is 70.8 cm³/mol. The molecule has 0 aromatic carbocycles. The second-order valence-corrected chi connectivity index (χ2v) is 5.21. The molecule has 1 amide bonds. The van der Waals surface area contributed by atoms with Crippen molar-refractivity contribution in [1.82, 2.24) is 20.1 Å². The number of amides is 1. The number of carboxylic acid groups (broad SMARTS) is 1. The molecule has 0 aliphatic heterocycles. The van der Waals surface area contributed by atoms with Gasteiger partial charge in [-0.3, -0.25) is 14.3 Å². The summed E-state index contributed by atoms with van der Waals surface area (Å²) in [6.45, 7) is 0.436. The van der Waals surface area contributed by atoms with Crippen LogP contribution in [0, 0.1) is 11.8 Å². The Morgan fingerprint density at radius 2 is 2.10 bits per heavy atom. The van der Waals surface area contributed by atoms with E-state index in [1.165, 1.54) is 0 Å². The number of aryl methyl sites for hydroxylation is 1. The van der Waals surface area contributed by atoms with Crippen LogP contribution in [-0.4, -0.2) is 38.3 Å². The molecule has 2 unspecified atom stereocenters. The maximum Gasteiger partial charge on any atom is 0.307 e. The van der Waals surface area contributed by atoms with Gasteiger partial charge < -0.3 is 10.4 Å². The molecule has 1 aliphatic rings. The van der Waals surface area contributed by atoms with Gasteiger partial charge in [0, 0.05) is 20.0 Å². The fraction of sp³-hybridized carbons (Fsp3) is 0.692. The van der Waals surface area contributed by atoms with Crippen molar-refractivity contribution >= 4 is 11.9 Å². The van der Waals surface area contributed by atoms with Gasteiger partial charge in [-0.25, -0.2) is 4.98 Å². The van der Waals surface area contributed by atoms with Gasteiger partial charge in [0.25, 0.3) is 0 Å². The Bertz CT molecular complexity index is 486. The molecule has 0 bridgehead atoms. The first kappa shape index (κ1) is 14.5. The molecule has 0 radical (unpaired) electrons. The summed E-state index contributed by atoms with van der Waals surface area (Å²) in [6, 6.07) is 0. The van der Waals surface area contributed by atoms with Crippen LogP contribution in [0.1, 0.15) is 31.5 Å². The minimum atomic E-state index is -0.865. The van der Waals surface area contributed by atoms with E-state index >= 15 is 0 Å². The first-order valence-corrected chi connectivity index (χ1v) is 6.93. The number of nitrogens with one attached hydrogen (secondary N) is 1. The molecule has 2 N–H and O–H groups in total. The van der Waals surface area contributed by atoms with E-state index in [4.69, 9.17) is 5.11 Å². The number of carbonyl (C=O) groups excluding carboxylic acids is 1. The van der Waals surface area contributed by atoms with Crippen molar-refractivity contribution in [2.45, 2.75) is 32.1 Å². The van der Waals surface area contributed by atoms with E-state index in [1.54, 1.807) is 18.1 Å². The molecule has 1 saturated carbocycles. The second-order valence-electron chi connectivity index (χ2n) is 5.21. The number of aromatic nitrogens is 3. The van der Waals surface area contributed by atoms with Crippen LogP contribution >= 0.6 is 0 Å². The Hall–Kier alpha value is -1.92. The van der Waals surface area contributed by atoms with Crippen LogP contribution in [0.4, 0.5) is 0 Å². The van der Waals surface area contributed by atoms with Gasteiger partial charge in [-0.05, 0) is 12.8 Å². The van der Waals surface area contributed by atoms with Gasteiger partial charge in [-0.1, -0.05) is 12.8 Å². The van der Waals surface area contributed by atoms with Crippen molar-refractivity contribution in [3.8, 4) is 0 Å². The van der Waals surface area contributed by atoms with E-state index in [0.717, 1.165) is 12.8 Å². The summed E-state index contributed by atoms with van der Waals surface area (Å²) in [7, 11) is 1.79. The van der Waals surface area contributed by atoms with E-state index < -0.39 is 17.8 Å². The Kier molecular flexibility index (Phi) is 4.70. The summed E-state index contributed by atoms with van der Waals surface area (Å²) in [5.41, 5.74) is 0. The lowest BCUT2D eigenvalue weighted by Crippen LogP contribution is -2.40. The first-order valence-electron chi connectivity index (χ1n) is 6.93. The van der Waals surface area contributed by atoms with E-state index in [9.17, 15) is 9.59 Å². The zero-order valence-electron chi connectivity index (χ0n) is 11.6. The van der Waals surface area contributed by atoms with Gasteiger partial charge in [-0.2, -0.15) is 5.10 Å². The molecule has 1 aromatic rings. The Balaban J connectivity index is 1.82. The summed E-state index contributed by atoms with van der Waals surface area (Å²) in [5, 5.41) is 16.1. The van der Waals surface area contributed by atoms with Crippen LogP contribution in [0.25, 0.3) is 0 Å². The maximum absolute atomic E-state index is 12.1. The highest BCUT2D eigenvalue weighted by Gasteiger charge is 2.35. The molecular formula is C13H20N4O3. The van der Waals surface area contributed by atoms with Gasteiger partial charge in [0.1, 0.15) is 6.33 Å². The third-order valence-corrected chi connectivity index (χ3v) is 3.71. The average Bonchev–Trinajstić information content (AvgIpc) is 2.84. The number of hydrogen-bond acceptors (Lipinski definition) is 4. The fourth-order valence-electron chi connectivity index (χ4n) is 2.67. The van der Waals surface area contributed by atoms with E-state index in [0.29, 0.717) is 31.6 Å². The molecule has 110 valence electrons. The molecule has 1 fully saturated rings. The molecule has 0 spiro atoms. The van der Waals surface area contributed by atoms with Crippen LogP contribution in [0.2, 0.25) is 0 Å².